The van der Waals surface area contributed by atoms with E-state index in [-0.39, 0.29) is 0 Å². The van der Waals surface area contributed by atoms with Crippen molar-refractivity contribution in [1.82, 2.24) is 3.71 Å². The minimum atomic E-state index is 0.467. The summed E-state index contributed by atoms with van der Waals surface area (Å²) >= 11 is 21.3. The van der Waals surface area contributed by atoms with Gasteiger partial charge in [-0.15, -0.1) is 0 Å². The molecule has 2 aromatic carbocycles. The Morgan fingerprint density at radius 2 is 1.45 bits per heavy atom. The van der Waals surface area contributed by atoms with Gasteiger partial charge >= 0.3 is 0 Å². The molecule has 6 heteroatoms. The molecule has 0 saturated heterocycles. The molecule has 0 bridgehead atoms. The smallest absolute Gasteiger partial charge is 0.0607 e. The maximum atomic E-state index is 6.17. The predicted octanol–water partition coefficient (Wildman–Crippen LogP) is 6.60. The van der Waals surface area contributed by atoms with Gasteiger partial charge in [0, 0.05) is 16.8 Å². The largest absolute Gasteiger partial charge is 0.189 e. The highest BCUT2D eigenvalue weighted by molar-refractivity contribution is 8.12. The molecule has 0 aliphatic rings. The average molecular weight is 365 g/mol. The van der Waals surface area contributed by atoms with E-state index in [0.717, 1.165) is 4.90 Å². The number of aryl methyl sites for hydroxylation is 1. The van der Waals surface area contributed by atoms with Crippen molar-refractivity contribution >= 4 is 58.7 Å². The summed E-state index contributed by atoms with van der Waals surface area (Å²) in [7, 11) is 1.98. The molecule has 0 N–H and O–H groups in total. The highest BCUT2D eigenvalue weighted by Crippen LogP contribution is 2.39. The molecular formula is C14H12Cl3NS2. The fraction of sp³-hybridized carbons (Fsp3) is 0.143. The summed E-state index contributed by atoms with van der Waals surface area (Å²) in [5.74, 6) is 0. The molecule has 0 aliphatic carbocycles. The van der Waals surface area contributed by atoms with E-state index < -0.39 is 0 Å². The molecule has 106 valence electrons. The highest BCUT2D eigenvalue weighted by Gasteiger charge is 2.10. The molecule has 0 fully saturated rings. The number of hydrogen-bond acceptors (Lipinski definition) is 3. The van der Waals surface area contributed by atoms with Crippen LogP contribution in [0.3, 0.4) is 0 Å². The summed E-state index contributed by atoms with van der Waals surface area (Å²) in [6, 6.07) is 11.8. The van der Waals surface area contributed by atoms with E-state index in [4.69, 9.17) is 34.8 Å². The maximum absolute atomic E-state index is 6.17. The van der Waals surface area contributed by atoms with Crippen LogP contribution in [0.4, 0.5) is 0 Å². The zero-order valence-corrected chi connectivity index (χ0v) is 14.8. The Bertz CT molecular complexity index is 602. The first-order valence-electron chi connectivity index (χ1n) is 5.76. The molecule has 0 amide bonds. The fourth-order valence-corrected chi connectivity index (χ4v) is 3.99. The zero-order valence-electron chi connectivity index (χ0n) is 10.9. The van der Waals surface area contributed by atoms with Gasteiger partial charge in [0.15, 0.2) is 0 Å². The van der Waals surface area contributed by atoms with E-state index in [1.54, 1.807) is 24.1 Å². The third kappa shape index (κ3) is 4.48. The maximum Gasteiger partial charge on any atom is 0.0607 e. The van der Waals surface area contributed by atoms with Crippen molar-refractivity contribution in [2.75, 3.05) is 7.05 Å². The number of nitrogens with zero attached hydrogens (tertiary/aromatic N) is 1. The van der Waals surface area contributed by atoms with Gasteiger partial charge in [-0.25, -0.2) is 0 Å². The Morgan fingerprint density at radius 3 is 2.10 bits per heavy atom. The molecule has 2 aromatic rings. The standard InChI is InChI=1S/C14H12Cl3NS2/c1-9-3-5-10(6-4-9)19-18(2)20-14-8-12(16)11(15)7-13(14)17/h3-8H,1-2H3. The van der Waals surface area contributed by atoms with Gasteiger partial charge in [-0.05, 0) is 55.1 Å². The summed E-state index contributed by atoms with van der Waals surface area (Å²) in [6.07, 6.45) is 0. The zero-order chi connectivity index (χ0) is 14.7. The van der Waals surface area contributed by atoms with Crippen molar-refractivity contribution in [2.45, 2.75) is 16.7 Å². The summed E-state index contributed by atoms with van der Waals surface area (Å²) < 4.78 is 2.02. The molecule has 0 radical (unpaired) electrons. The molecular weight excluding hydrogens is 353 g/mol. The van der Waals surface area contributed by atoms with Crippen LogP contribution >= 0.6 is 58.7 Å². The Labute approximate surface area is 142 Å². The monoisotopic (exact) mass is 363 g/mol. The second-order valence-electron chi connectivity index (χ2n) is 4.13. The Balaban J connectivity index is 2.06. The van der Waals surface area contributed by atoms with E-state index in [0.29, 0.717) is 15.1 Å². The highest BCUT2D eigenvalue weighted by atomic mass is 35.5. The van der Waals surface area contributed by atoms with Crippen molar-refractivity contribution in [3.8, 4) is 0 Å². The Hall–Kier alpha value is -0.0300. The summed E-state index contributed by atoms with van der Waals surface area (Å²) in [6.45, 7) is 2.07. The van der Waals surface area contributed by atoms with Crippen LogP contribution in [0.15, 0.2) is 46.2 Å². The first-order valence-corrected chi connectivity index (χ1v) is 8.44. The second kappa shape index (κ2) is 7.30. The van der Waals surface area contributed by atoms with E-state index >= 15 is 0 Å². The van der Waals surface area contributed by atoms with Crippen LogP contribution in [0, 0.1) is 6.92 Å². The Kier molecular flexibility index (Phi) is 5.96. The number of rotatable bonds is 4. The fourth-order valence-electron chi connectivity index (χ4n) is 1.48. The molecule has 0 aliphatic heterocycles. The van der Waals surface area contributed by atoms with E-state index in [9.17, 15) is 0 Å². The lowest BCUT2D eigenvalue weighted by Gasteiger charge is -2.15. The number of benzene rings is 2. The molecule has 0 atom stereocenters. The SMILES string of the molecule is Cc1ccc(SN(C)Sc2cc(Cl)c(Cl)cc2Cl)cc1. The lowest BCUT2D eigenvalue weighted by molar-refractivity contribution is 0.939. The first-order chi connectivity index (χ1) is 9.45. The van der Waals surface area contributed by atoms with Gasteiger partial charge < -0.3 is 0 Å². The molecule has 0 heterocycles. The predicted molar refractivity (Wildman–Crippen MR) is 92.1 cm³/mol. The second-order valence-corrected chi connectivity index (χ2v) is 7.96. The summed E-state index contributed by atoms with van der Waals surface area (Å²) in [5.41, 5.74) is 1.25. The van der Waals surface area contributed by atoms with Crippen LogP contribution in [0.25, 0.3) is 0 Å². The van der Waals surface area contributed by atoms with Crippen LogP contribution in [0.2, 0.25) is 15.1 Å². The molecule has 0 spiro atoms. The quantitative estimate of drug-likeness (QED) is 0.444. The third-order valence-corrected chi connectivity index (χ3v) is 5.58. The van der Waals surface area contributed by atoms with Crippen LogP contribution < -0.4 is 0 Å². The molecule has 2 rings (SSSR count). The molecule has 20 heavy (non-hydrogen) atoms. The topological polar surface area (TPSA) is 3.24 Å². The summed E-state index contributed by atoms with van der Waals surface area (Å²) in [5, 5.41) is 1.57. The van der Waals surface area contributed by atoms with Gasteiger partial charge in [-0.1, -0.05) is 52.5 Å². The van der Waals surface area contributed by atoms with Gasteiger partial charge in [-0.2, -0.15) is 3.71 Å². The number of halogens is 3. The van der Waals surface area contributed by atoms with Crippen molar-refractivity contribution < 1.29 is 0 Å². The van der Waals surface area contributed by atoms with E-state index in [1.165, 1.54) is 22.4 Å². The van der Waals surface area contributed by atoms with Crippen molar-refractivity contribution in [1.29, 1.82) is 0 Å². The first kappa shape index (κ1) is 16.3. The van der Waals surface area contributed by atoms with Crippen LogP contribution in [-0.4, -0.2) is 10.8 Å². The van der Waals surface area contributed by atoms with Gasteiger partial charge in [0.05, 0.1) is 15.1 Å². The third-order valence-electron chi connectivity index (χ3n) is 2.46. The number of hydrogen-bond donors (Lipinski definition) is 0. The lowest BCUT2D eigenvalue weighted by Crippen LogP contribution is -1.97. The molecule has 0 aromatic heterocycles. The van der Waals surface area contributed by atoms with Crippen LogP contribution in [0.1, 0.15) is 5.56 Å². The van der Waals surface area contributed by atoms with E-state index in [2.05, 4.69) is 31.2 Å². The normalized spacial score (nSPS) is 11.1. The summed E-state index contributed by atoms with van der Waals surface area (Å²) in [4.78, 5) is 2.05. The average Bonchev–Trinajstić information content (AvgIpc) is 2.39. The molecule has 0 unspecified atom stereocenters. The molecule has 0 saturated carbocycles. The van der Waals surface area contributed by atoms with E-state index in [1.807, 2.05) is 10.8 Å². The minimum absolute atomic E-state index is 0.467. The van der Waals surface area contributed by atoms with Crippen molar-refractivity contribution in [3.05, 3.63) is 57.0 Å². The Morgan fingerprint density at radius 1 is 0.850 bits per heavy atom. The van der Waals surface area contributed by atoms with Crippen molar-refractivity contribution in [3.63, 3.8) is 0 Å². The van der Waals surface area contributed by atoms with Gasteiger partial charge in [0.1, 0.15) is 0 Å². The van der Waals surface area contributed by atoms with Crippen molar-refractivity contribution in [2.24, 2.45) is 0 Å². The van der Waals surface area contributed by atoms with Crippen LogP contribution in [0.5, 0.6) is 0 Å². The van der Waals surface area contributed by atoms with Gasteiger partial charge in [-0.3, -0.25) is 0 Å². The van der Waals surface area contributed by atoms with Gasteiger partial charge in [0.2, 0.25) is 0 Å². The van der Waals surface area contributed by atoms with Crippen LogP contribution in [-0.2, 0) is 0 Å². The minimum Gasteiger partial charge on any atom is -0.189 e. The van der Waals surface area contributed by atoms with Gasteiger partial charge in [0.25, 0.3) is 0 Å². The lowest BCUT2D eigenvalue weighted by atomic mass is 10.2. The molecule has 1 nitrogen and oxygen atoms in total.